The number of aryl methyl sites for hydroxylation is 1. The highest BCUT2D eigenvalue weighted by atomic mass is 32.2. The smallest absolute Gasteiger partial charge is 0.270 e. The second-order valence-electron chi connectivity index (χ2n) is 8.46. The maximum absolute atomic E-state index is 13.4. The average molecular weight is 474 g/mol. The van der Waals surface area contributed by atoms with Crippen molar-refractivity contribution in [2.24, 2.45) is 5.92 Å². The number of sulfonamides is 1. The summed E-state index contributed by atoms with van der Waals surface area (Å²) in [7, 11) is -3.89. The molecule has 1 aromatic heterocycles. The predicted molar refractivity (Wildman–Crippen MR) is 124 cm³/mol. The highest BCUT2D eigenvalue weighted by molar-refractivity contribution is 7.89. The van der Waals surface area contributed by atoms with Gasteiger partial charge in [-0.25, -0.2) is 13.4 Å². The fourth-order valence-corrected chi connectivity index (χ4v) is 6.15. The van der Waals surface area contributed by atoms with E-state index >= 15 is 0 Å². The molecule has 2 aliphatic heterocycles. The predicted octanol–water partition coefficient (Wildman–Crippen LogP) is 2.94. The van der Waals surface area contributed by atoms with Gasteiger partial charge in [-0.2, -0.15) is 4.31 Å². The van der Waals surface area contributed by atoms with Crippen LogP contribution in [0.5, 0.6) is 0 Å². The average Bonchev–Trinajstić information content (AvgIpc) is 3.36. The van der Waals surface area contributed by atoms with Crippen molar-refractivity contribution in [2.75, 3.05) is 36.4 Å². The number of nitro benzene ring substituents is 1. The third-order valence-electron chi connectivity index (χ3n) is 6.22. The molecule has 0 saturated carbocycles. The van der Waals surface area contributed by atoms with Gasteiger partial charge < -0.3 is 10.2 Å². The summed E-state index contributed by atoms with van der Waals surface area (Å²) in [5.74, 6) is -0.0303. The molecule has 2 aliphatic rings. The van der Waals surface area contributed by atoms with E-state index in [-0.39, 0.29) is 22.4 Å². The first-order chi connectivity index (χ1) is 15.8. The van der Waals surface area contributed by atoms with Crippen molar-refractivity contribution in [1.29, 1.82) is 0 Å². The maximum atomic E-state index is 13.4. The van der Waals surface area contributed by atoms with Gasteiger partial charge in [-0.05, 0) is 50.3 Å². The number of non-ortho nitro benzene ring substituents is 1. The van der Waals surface area contributed by atoms with Crippen LogP contribution in [0.2, 0.25) is 0 Å². The Morgan fingerprint density at radius 3 is 2.64 bits per heavy atom. The number of anilines is 2. The molecule has 2 saturated heterocycles. The zero-order valence-corrected chi connectivity index (χ0v) is 19.3. The molecule has 1 atom stereocenters. The third-order valence-corrected chi connectivity index (χ3v) is 8.15. The SMILES string of the molecule is Cc1cccnc1NC(=O)C1CCCN(c2ccc([N+](=O)[O-])cc2S(=O)(=O)N2CCCC2)C1. The van der Waals surface area contributed by atoms with Crippen LogP contribution >= 0.6 is 0 Å². The number of benzene rings is 1. The minimum Gasteiger partial charge on any atom is -0.370 e. The van der Waals surface area contributed by atoms with Gasteiger partial charge in [0.2, 0.25) is 15.9 Å². The second kappa shape index (κ2) is 9.44. The number of amides is 1. The number of nitro groups is 1. The third kappa shape index (κ3) is 4.83. The molecule has 1 aromatic carbocycles. The maximum Gasteiger partial charge on any atom is 0.270 e. The monoisotopic (exact) mass is 473 g/mol. The van der Waals surface area contributed by atoms with Gasteiger partial charge in [0.1, 0.15) is 10.7 Å². The van der Waals surface area contributed by atoms with Gasteiger partial charge in [-0.15, -0.1) is 0 Å². The first-order valence-electron chi connectivity index (χ1n) is 11.0. The molecule has 0 aliphatic carbocycles. The number of pyridine rings is 1. The molecule has 1 N–H and O–H groups in total. The number of piperidine rings is 1. The number of hydrogen-bond acceptors (Lipinski definition) is 7. The molecule has 4 rings (SSSR count). The van der Waals surface area contributed by atoms with Crippen molar-refractivity contribution in [3.63, 3.8) is 0 Å². The van der Waals surface area contributed by atoms with Crippen LogP contribution in [0.4, 0.5) is 17.2 Å². The van der Waals surface area contributed by atoms with Gasteiger partial charge in [0.05, 0.1) is 16.5 Å². The Bertz CT molecular complexity index is 1160. The molecule has 1 unspecified atom stereocenters. The summed E-state index contributed by atoms with van der Waals surface area (Å²) in [5.41, 5.74) is 0.986. The van der Waals surface area contributed by atoms with Gasteiger partial charge in [0.15, 0.2) is 0 Å². The Morgan fingerprint density at radius 2 is 1.94 bits per heavy atom. The topological polar surface area (TPSA) is 126 Å². The fraction of sp³-hybridized carbons (Fsp3) is 0.455. The first-order valence-corrected chi connectivity index (χ1v) is 12.5. The zero-order chi connectivity index (χ0) is 23.6. The second-order valence-corrected chi connectivity index (χ2v) is 10.4. The molecule has 1 amide bonds. The molecule has 10 nitrogen and oxygen atoms in total. The van der Waals surface area contributed by atoms with Crippen molar-refractivity contribution in [3.05, 3.63) is 52.2 Å². The normalized spacial score (nSPS) is 19.4. The number of nitrogens with zero attached hydrogens (tertiary/aromatic N) is 4. The minimum atomic E-state index is -3.89. The van der Waals surface area contributed by atoms with Crippen LogP contribution in [-0.4, -0.2) is 54.7 Å². The number of hydrogen-bond donors (Lipinski definition) is 1. The van der Waals surface area contributed by atoms with Crippen LogP contribution in [0.15, 0.2) is 41.4 Å². The highest BCUT2D eigenvalue weighted by Crippen LogP contribution is 2.35. The number of nitrogens with one attached hydrogen (secondary N) is 1. The van der Waals surface area contributed by atoms with Gasteiger partial charge in [0, 0.05) is 44.5 Å². The molecule has 11 heteroatoms. The molecule has 0 radical (unpaired) electrons. The summed E-state index contributed by atoms with van der Waals surface area (Å²) >= 11 is 0. The van der Waals surface area contributed by atoms with Crippen molar-refractivity contribution >= 4 is 33.1 Å². The van der Waals surface area contributed by atoms with E-state index in [0.29, 0.717) is 50.5 Å². The lowest BCUT2D eigenvalue weighted by atomic mass is 9.96. The number of carbonyl (C=O) groups excluding carboxylic acids is 1. The summed E-state index contributed by atoms with van der Waals surface area (Å²) in [5, 5.41) is 14.2. The fourth-order valence-electron chi connectivity index (χ4n) is 4.40. The summed E-state index contributed by atoms with van der Waals surface area (Å²) in [6, 6.07) is 7.61. The van der Waals surface area contributed by atoms with Crippen LogP contribution in [0, 0.1) is 23.0 Å². The molecule has 0 spiro atoms. The van der Waals surface area contributed by atoms with Crippen LogP contribution in [0.25, 0.3) is 0 Å². The Labute approximate surface area is 192 Å². The van der Waals surface area contributed by atoms with E-state index in [9.17, 15) is 23.3 Å². The van der Waals surface area contributed by atoms with Crippen LogP contribution in [-0.2, 0) is 14.8 Å². The Morgan fingerprint density at radius 1 is 1.18 bits per heavy atom. The van der Waals surface area contributed by atoms with Crippen molar-refractivity contribution in [1.82, 2.24) is 9.29 Å². The lowest BCUT2D eigenvalue weighted by molar-refractivity contribution is -0.385. The van der Waals surface area contributed by atoms with E-state index in [4.69, 9.17) is 0 Å². The largest absolute Gasteiger partial charge is 0.370 e. The summed E-state index contributed by atoms with van der Waals surface area (Å²) in [4.78, 5) is 29.7. The Balaban J connectivity index is 1.62. The molecule has 2 aromatic rings. The minimum absolute atomic E-state index is 0.0692. The van der Waals surface area contributed by atoms with Crippen molar-refractivity contribution < 1.29 is 18.1 Å². The van der Waals surface area contributed by atoms with Gasteiger partial charge in [-0.1, -0.05) is 6.07 Å². The van der Waals surface area contributed by atoms with E-state index in [0.717, 1.165) is 24.5 Å². The quantitative estimate of drug-likeness (QED) is 0.505. The summed E-state index contributed by atoms with van der Waals surface area (Å²) in [6.07, 6.45) is 4.50. The van der Waals surface area contributed by atoms with Crippen LogP contribution in [0.1, 0.15) is 31.2 Å². The molecular formula is C22H27N5O5S. The lowest BCUT2D eigenvalue weighted by Gasteiger charge is -2.35. The van der Waals surface area contributed by atoms with Gasteiger partial charge >= 0.3 is 0 Å². The number of rotatable bonds is 6. The summed E-state index contributed by atoms with van der Waals surface area (Å²) < 4.78 is 28.1. The van der Waals surface area contributed by atoms with Gasteiger partial charge in [-0.3, -0.25) is 14.9 Å². The van der Waals surface area contributed by atoms with Crippen molar-refractivity contribution in [3.8, 4) is 0 Å². The summed E-state index contributed by atoms with van der Waals surface area (Å²) in [6.45, 7) is 3.55. The number of carbonyl (C=O) groups is 1. The van der Waals surface area contributed by atoms with Gasteiger partial charge in [0.25, 0.3) is 5.69 Å². The van der Waals surface area contributed by atoms with E-state index in [1.807, 2.05) is 17.9 Å². The van der Waals surface area contributed by atoms with Crippen LogP contribution < -0.4 is 10.2 Å². The lowest BCUT2D eigenvalue weighted by Crippen LogP contribution is -2.42. The molecule has 3 heterocycles. The Hall–Kier alpha value is -3.05. The van der Waals surface area contributed by atoms with E-state index in [2.05, 4.69) is 10.3 Å². The first kappa shape index (κ1) is 23.1. The molecular weight excluding hydrogens is 446 g/mol. The Kier molecular flexibility index (Phi) is 6.61. The molecule has 176 valence electrons. The number of aromatic nitrogens is 1. The molecule has 0 bridgehead atoms. The van der Waals surface area contributed by atoms with Crippen LogP contribution in [0.3, 0.4) is 0 Å². The molecule has 2 fully saturated rings. The highest BCUT2D eigenvalue weighted by Gasteiger charge is 2.34. The van der Waals surface area contributed by atoms with E-state index < -0.39 is 14.9 Å². The standard InChI is InChI=1S/C22H27N5O5S/c1-16-6-4-10-23-21(16)24-22(28)17-7-5-11-25(15-17)19-9-8-18(27(29)30)14-20(19)33(31,32)26-12-2-3-13-26/h4,6,8-10,14,17H,2-3,5,7,11-13,15H2,1H3,(H,23,24,28). The molecule has 33 heavy (non-hydrogen) atoms. The zero-order valence-electron chi connectivity index (χ0n) is 18.4. The van der Waals surface area contributed by atoms with Crippen molar-refractivity contribution in [2.45, 2.75) is 37.5 Å². The van der Waals surface area contributed by atoms with E-state index in [1.165, 1.54) is 16.4 Å². The van der Waals surface area contributed by atoms with E-state index in [1.54, 1.807) is 12.3 Å².